The van der Waals surface area contributed by atoms with E-state index in [4.69, 9.17) is 22.1 Å². The van der Waals surface area contributed by atoms with Crippen LogP contribution in [0.1, 0.15) is 26.3 Å². The summed E-state index contributed by atoms with van der Waals surface area (Å²) < 4.78 is 5.10. The highest BCUT2D eigenvalue weighted by Crippen LogP contribution is 2.25. The van der Waals surface area contributed by atoms with Crippen molar-refractivity contribution in [3.63, 3.8) is 0 Å². The monoisotopic (exact) mass is 284 g/mol. The summed E-state index contributed by atoms with van der Waals surface area (Å²) >= 11 is 6.06. The minimum Gasteiger partial charge on any atom is -0.495 e. The van der Waals surface area contributed by atoms with E-state index in [1.165, 1.54) is 0 Å². The maximum absolute atomic E-state index is 11.6. The number of nitrogens with one attached hydrogen (secondary N) is 1. The number of methoxy groups -OCH3 is 1. The highest BCUT2D eigenvalue weighted by Gasteiger charge is 2.33. The van der Waals surface area contributed by atoms with E-state index >= 15 is 0 Å². The molecule has 1 unspecified atom stereocenters. The Kier molecular flexibility index (Phi) is 5.20. The van der Waals surface area contributed by atoms with Crippen LogP contribution in [0.4, 0.5) is 0 Å². The topological polar surface area (TPSA) is 64.3 Å². The zero-order valence-corrected chi connectivity index (χ0v) is 12.5. The van der Waals surface area contributed by atoms with E-state index in [0.717, 1.165) is 5.56 Å². The van der Waals surface area contributed by atoms with Gasteiger partial charge in [0.1, 0.15) is 5.75 Å². The van der Waals surface area contributed by atoms with Crippen molar-refractivity contribution in [3.05, 3.63) is 28.8 Å². The molecule has 1 aromatic rings. The lowest BCUT2D eigenvalue weighted by molar-refractivity contribution is -0.125. The summed E-state index contributed by atoms with van der Waals surface area (Å²) in [6.07, 6.45) is 0. The first-order valence-corrected chi connectivity index (χ1v) is 6.56. The number of ether oxygens (including phenoxy) is 1. The molecule has 0 radical (unpaired) electrons. The molecule has 1 amide bonds. The van der Waals surface area contributed by atoms with Crippen molar-refractivity contribution < 1.29 is 9.53 Å². The van der Waals surface area contributed by atoms with Crippen LogP contribution in [0.2, 0.25) is 5.02 Å². The molecule has 106 valence electrons. The molecule has 1 rings (SSSR count). The fourth-order valence-corrected chi connectivity index (χ4v) is 1.96. The van der Waals surface area contributed by atoms with E-state index in [1.807, 2.05) is 32.9 Å². The van der Waals surface area contributed by atoms with Crippen LogP contribution in [-0.4, -0.2) is 18.6 Å². The number of halogens is 1. The van der Waals surface area contributed by atoms with Gasteiger partial charge in [-0.2, -0.15) is 0 Å². The highest BCUT2D eigenvalue weighted by molar-refractivity contribution is 6.32. The van der Waals surface area contributed by atoms with E-state index < -0.39 is 5.54 Å². The standard InChI is InChI=1S/C14H21ClN2O2/c1-9(2)14(3,13(16)18)17-8-10-5-6-12(19-4)11(15)7-10/h5-7,9,17H,8H2,1-4H3,(H2,16,18). The predicted molar refractivity (Wildman–Crippen MR) is 77.3 cm³/mol. The molecule has 4 nitrogen and oxygen atoms in total. The number of hydrogen-bond donors (Lipinski definition) is 2. The van der Waals surface area contributed by atoms with E-state index in [2.05, 4.69) is 5.32 Å². The van der Waals surface area contributed by atoms with E-state index in [1.54, 1.807) is 13.2 Å². The Bertz CT molecular complexity index is 463. The lowest BCUT2D eigenvalue weighted by Gasteiger charge is -2.31. The van der Waals surface area contributed by atoms with Gasteiger partial charge in [0, 0.05) is 6.54 Å². The van der Waals surface area contributed by atoms with Crippen LogP contribution in [0, 0.1) is 5.92 Å². The van der Waals surface area contributed by atoms with E-state index in [0.29, 0.717) is 17.3 Å². The molecule has 5 heteroatoms. The van der Waals surface area contributed by atoms with Crippen molar-refractivity contribution in [1.82, 2.24) is 5.32 Å². The van der Waals surface area contributed by atoms with Gasteiger partial charge in [-0.15, -0.1) is 0 Å². The van der Waals surface area contributed by atoms with Gasteiger partial charge in [-0.25, -0.2) is 0 Å². The van der Waals surface area contributed by atoms with Crippen molar-refractivity contribution >= 4 is 17.5 Å². The number of carbonyl (C=O) groups excluding carboxylic acids is 1. The summed E-state index contributed by atoms with van der Waals surface area (Å²) in [5.41, 5.74) is 5.69. The van der Waals surface area contributed by atoms with Gasteiger partial charge in [0.2, 0.25) is 5.91 Å². The van der Waals surface area contributed by atoms with Crippen LogP contribution in [0.5, 0.6) is 5.75 Å². The molecular formula is C14H21ClN2O2. The third-order valence-corrected chi connectivity index (χ3v) is 3.84. The Morgan fingerprint density at radius 2 is 2.16 bits per heavy atom. The fourth-order valence-electron chi connectivity index (χ4n) is 1.68. The third-order valence-electron chi connectivity index (χ3n) is 3.54. The van der Waals surface area contributed by atoms with Gasteiger partial charge in [-0.05, 0) is 30.5 Å². The van der Waals surface area contributed by atoms with Crippen molar-refractivity contribution in [1.29, 1.82) is 0 Å². The minimum absolute atomic E-state index is 0.0960. The number of hydrogen-bond acceptors (Lipinski definition) is 3. The molecule has 1 atom stereocenters. The minimum atomic E-state index is -0.744. The summed E-state index contributed by atoms with van der Waals surface area (Å²) in [4.78, 5) is 11.6. The lowest BCUT2D eigenvalue weighted by atomic mass is 9.87. The number of amides is 1. The van der Waals surface area contributed by atoms with Crippen molar-refractivity contribution in [3.8, 4) is 5.75 Å². The van der Waals surface area contributed by atoms with Gasteiger partial charge in [0.25, 0.3) is 0 Å². The Labute approximate surface area is 119 Å². The van der Waals surface area contributed by atoms with Crippen molar-refractivity contribution in [2.24, 2.45) is 11.7 Å². The van der Waals surface area contributed by atoms with Gasteiger partial charge < -0.3 is 10.5 Å². The number of primary amides is 1. The fraction of sp³-hybridized carbons (Fsp3) is 0.500. The van der Waals surface area contributed by atoms with Crippen molar-refractivity contribution in [2.45, 2.75) is 32.9 Å². The molecule has 0 aromatic heterocycles. The molecule has 0 spiro atoms. The normalized spacial score (nSPS) is 14.2. The van der Waals surface area contributed by atoms with E-state index in [-0.39, 0.29) is 11.8 Å². The number of rotatable bonds is 6. The first-order valence-electron chi connectivity index (χ1n) is 6.18. The summed E-state index contributed by atoms with van der Waals surface area (Å²) in [7, 11) is 1.57. The molecule has 19 heavy (non-hydrogen) atoms. The van der Waals surface area contributed by atoms with Crippen LogP contribution in [-0.2, 0) is 11.3 Å². The molecule has 3 N–H and O–H groups in total. The van der Waals surface area contributed by atoms with Crippen LogP contribution < -0.4 is 15.8 Å². The first-order chi connectivity index (χ1) is 8.81. The zero-order chi connectivity index (χ0) is 14.6. The SMILES string of the molecule is COc1ccc(CNC(C)(C(N)=O)C(C)C)cc1Cl. The summed E-state index contributed by atoms with van der Waals surface area (Å²) in [5.74, 6) is 0.368. The van der Waals surface area contributed by atoms with Crippen LogP contribution in [0.3, 0.4) is 0 Å². The summed E-state index contributed by atoms with van der Waals surface area (Å²) in [5, 5.41) is 3.75. The highest BCUT2D eigenvalue weighted by atomic mass is 35.5. The molecule has 0 aliphatic carbocycles. The van der Waals surface area contributed by atoms with Gasteiger partial charge in [-0.3, -0.25) is 10.1 Å². The molecule has 0 aliphatic heterocycles. The van der Waals surface area contributed by atoms with Crippen LogP contribution in [0.25, 0.3) is 0 Å². The number of nitrogens with two attached hydrogens (primary N) is 1. The molecule has 1 aromatic carbocycles. The summed E-state index contributed by atoms with van der Waals surface area (Å²) in [6.45, 7) is 6.24. The zero-order valence-electron chi connectivity index (χ0n) is 11.8. The average molecular weight is 285 g/mol. The molecule has 0 bridgehead atoms. The molecule has 0 aliphatic rings. The molecule has 0 saturated carbocycles. The third kappa shape index (κ3) is 3.61. The predicted octanol–water partition coefficient (Wildman–Crippen LogP) is 2.34. The lowest BCUT2D eigenvalue weighted by Crippen LogP contribution is -2.56. The maximum atomic E-state index is 11.6. The average Bonchev–Trinajstić information content (AvgIpc) is 2.35. The Balaban J connectivity index is 2.81. The Morgan fingerprint density at radius 1 is 1.53 bits per heavy atom. The number of benzene rings is 1. The quantitative estimate of drug-likeness (QED) is 0.843. The second-order valence-corrected chi connectivity index (χ2v) is 5.45. The Hall–Kier alpha value is -1.26. The Morgan fingerprint density at radius 3 is 2.58 bits per heavy atom. The van der Waals surface area contributed by atoms with Crippen LogP contribution in [0.15, 0.2) is 18.2 Å². The summed E-state index contributed by atoms with van der Waals surface area (Å²) in [6, 6.07) is 5.52. The molecule has 0 heterocycles. The van der Waals surface area contributed by atoms with Gasteiger partial charge >= 0.3 is 0 Å². The molecular weight excluding hydrogens is 264 g/mol. The second-order valence-electron chi connectivity index (χ2n) is 5.04. The van der Waals surface area contributed by atoms with Crippen molar-refractivity contribution in [2.75, 3.05) is 7.11 Å². The second kappa shape index (κ2) is 6.26. The van der Waals surface area contributed by atoms with Crippen LogP contribution >= 0.6 is 11.6 Å². The first kappa shape index (κ1) is 15.8. The maximum Gasteiger partial charge on any atom is 0.237 e. The largest absolute Gasteiger partial charge is 0.495 e. The van der Waals surface area contributed by atoms with E-state index in [9.17, 15) is 4.79 Å². The smallest absolute Gasteiger partial charge is 0.237 e. The molecule has 0 fully saturated rings. The van der Waals surface area contributed by atoms with Gasteiger partial charge in [0.15, 0.2) is 0 Å². The van der Waals surface area contributed by atoms with Gasteiger partial charge in [0.05, 0.1) is 17.7 Å². The molecule has 0 saturated heterocycles. The van der Waals surface area contributed by atoms with Gasteiger partial charge in [-0.1, -0.05) is 31.5 Å². The number of carbonyl (C=O) groups is 1.